The summed E-state index contributed by atoms with van der Waals surface area (Å²) in [4.78, 5) is 3.56. The molecule has 2 fully saturated rings. The van der Waals surface area contributed by atoms with Gasteiger partial charge in [-0.1, -0.05) is 56.4 Å². The number of hydrogen-bond donors (Lipinski definition) is 1. The number of fused-ring (bicyclic) bond motifs is 2. The van der Waals surface area contributed by atoms with Gasteiger partial charge in [-0.3, -0.25) is 4.55 Å². The maximum atomic E-state index is 12.3. The lowest BCUT2D eigenvalue weighted by molar-refractivity contribution is 0.441. The molecular formula is C25H30O3S3. The van der Waals surface area contributed by atoms with Gasteiger partial charge in [0.05, 0.1) is 4.90 Å². The van der Waals surface area contributed by atoms with Gasteiger partial charge in [0.15, 0.2) is 0 Å². The van der Waals surface area contributed by atoms with Gasteiger partial charge >= 0.3 is 0 Å². The molecule has 0 saturated heterocycles. The molecule has 31 heavy (non-hydrogen) atoms. The van der Waals surface area contributed by atoms with Crippen LogP contribution in [-0.2, 0) is 15.9 Å². The van der Waals surface area contributed by atoms with E-state index in [0.717, 1.165) is 28.9 Å². The molecule has 2 aromatic carbocycles. The van der Waals surface area contributed by atoms with E-state index in [4.69, 9.17) is 0 Å². The molecule has 1 N–H and O–H groups in total. The molecule has 0 unspecified atom stereocenters. The lowest BCUT2D eigenvalue weighted by Crippen LogP contribution is -2.09. The SMILES string of the molecule is O=S(=O)(O)c1cc(C2CCCCC2)cc2c1CSc1ccc(C3CCCCC3)cc1S2. The van der Waals surface area contributed by atoms with E-state index in [1.807, 2.05) is 0 Å². The van der Waals surface area contributed by atoms with Crippen molar-refractivity contribution < 1.29 is 13.0 Å². The van der Waals surface area contributed by atoms with Crippen LogP contribution < -0.4 is 0 Å². The van der Waals surface area contributed by atoms with Crippen molar-refractivity contribution in [1.82, 2.24) is 0 Å². The van der Waals surface area contributed by atoms with Crippen LogP contribution in [0.3, 0.4) is 0 Å². The molecule has 1 heterocycles. The summed E-state index contributed by atoms with van der Waals surface area (Å²) in [6, 6.07) is 10.8. The molecule has 166 valence electrons. The predicted octanol–water partition coefficient (Wildman–Crippen LogP) is 7.79. The fourth-order valence-electron chi connectivity index (χ4n) is 5.46. The average Bonchev–Trinajstić information content (AvgIpc) is 2.97. The van der Waals surface area contributed by atoms with E-state index in [1.54, 1.807) is 29.6 Å². The zero-order valence-corrected chi connectivity index (χ0v) is 20.3. The van der Waals surface area contributed by atoms with Crippen LogP contribution in [0, 0.1) is 0 Å². The highest BCUT2D eigenvalue weighted by molar-refractivity contribution is 8.02. The second kappa shape index (κ2) is 9.12. The van der Waals surface area contributed by atoms with Gasteiger partial charge in [0.2, 0.25) is 0 Å². The molecule has 1 aliphatic heterocycles. The van der Waals surface area contributed by atoms with Gasteiger partial charge in [0.25, 0.3) is 10.1 Å². The van der Waals surface area contributed by atoms with Crippen LogP contribution in [0.2, 0.25) is 0 Å². The van der Waals surface area contributed by atoms with E-state index in [2.05, 4.69) is 24.3 Å². The highest BCUT2D eigenvalue weighted by Gasteiger charge is 2.27. The molecule has 0 atom stereocenters. The van der Waals surface area contributed by atoms with Crippen molar-refractivity contribution in [3.8, 4) is 0 Å². The first-order valence-corrected chi connectivity index (χ1v) is 14.8. The number of hydrogen-bond acceptors (Lipinski definition) is 4. The third kappa shape index (κ3) is 4.73. The average molecular weight is 475 g/mol. The molecule has 0 amide bonds. The first kappa shape index (κ1) is 21.9. The van der Waals surface area contributed by atoms with E-state index in [1.165, 1.54) is 66.7 Å². The molecule has 0 radical (unpaired) electrons. The van der Waals surface area contributed by atoms with Crippen LogP contribution in [0.4, 0.5) is 0 Å². The summed E-state index contributed by atoms with van der Waals surface area (Å²) >= 11 is 3.38. The summed E-state index contributed by atoms with van der Waals surface area (Å²) in [6.07, 6.45) is 12.4. The molecule has 3 aliphatic rings. The Morgan fingerprint density at radius 1 is 0.742 bits per heavy atom. The molecule has 2 aromatic rings. The Morgan fingerprint density at radius 3 is 2.00 bits per heavy atom. The Labute approximate surface area is 194 Å². The van der Waals surface area contributed by atoms with Crippen LogP contribution in [0.25, 0.3) is 0 Å². The summed E-state index contributed by atoms with van der Waals surface area (Å²) in [5, 5.41) is 0. The molecule has 0 bridgehead atoms. The van der Waals surface area contributed by atoms with E-state index >= 15 is 0 Å². The summed E-state index contributed by atoms with van der Waals surface area (Å²) < 4.78 is 34.7. The summed E-state index contributed by atoms with van der Waals surface area (Å²) in [7, 11) is -4.26. The summed E-state index contributed by atoms with van der Waals surface area (Å²) in [5.41, 5.74) is 3.26. The minimum Gasteiger partial charge on any atom is -0.282 e. The summed E-state index contributed by atoms with van der Waals surface area (Å²) in [6.45, 7) is 0. The van der Waals surface area contributed by atoms with E-state index in [0.29, 0.717) is 17.6 Å². The fourth-order valence-corrected chi connectivity index (χ4v) is 8.86. The predicted molar refractivity (Wildman–Crippen MR) is 128 cm³/mol. The monoisotopic (exact) mass is 474 g/mol. The second-order valence-corrected chi connectivity index (χ2v) is 12.7. The van der Waals surface area contributed by atoms with E-state index in [9.17, 15) is 13.0 Å². The van der Waals surface area contributed by atoms with Crippen LogP contribution in [0.15, 0.2) is 49.9 Å². The molecule has 3 nitrogen and oxygen atoms in total. The van der Waals surface area contributed by atoms with Gasteiger partial charge in [-0.2, -0.15) is 8.42 Å². The molecular weight excluding hydrogens is 444 g/mol. The minimum absolute atomic E-state index is 0.117. The maximum Gasteiger partial charge on any atom is 0.294 e. The molecule has 2 aliphatic carbocycles. The number of benzene rings is 2. The van der Waals surface area contributed by atoms with Gasteiger partial charge in [-0.15, -0.1) is 11.8 Å². The lowest BCUT2D eigenvalue weighted by atomic mass is 9.84. The van der Waals surface area contributed by atoms with E-state index < -0.39 is 10.1 Å². The largest absolute Gasteiger partial charge is 0.294 e. The fraction of sp³-hybridized carbons (Fsp3) is 0.520. The van der Waals surface area contributed by atoms with Crippen molar-refractivity contribution in [3.05, 3.63) is 47.0 Å². The number of rotatable bonds is 3. The van der Waals surface area contributed by atoms with Crippen LogP contribution in [0.1, 0.15) is 92.7 Å². The Bertz CT molecular complexity index is 1070. The quantitative estimate of drug-likeness (QED) is 0.460. The number of thioether (sulfide) groups is 1. The van der Waals surface area contributed by atoms with Gasteiger partial charge < -0.3 is 0 Å². The van der Waals surface area contributed by atoms with Crippen molar-refractivity contribution in [2.45, 2.75) is 101 Å². The maximum absolute atomic E-state index is 12.3. The van der Waals surface area contributed by atoms with Crippen molar-refractivity contribution in [2.75, 3.05) is 0 Å². The van der Waals surface area contributed by atoms with Crippen molar-refractivity contribution in [1.29, 1.82) is 0 Å². The van der Waals surface area contributed by atoms with Crippen molar-refractivity contribution in [3.63, 3.8) is 0 Å². The molecule has 5 rings (SSSR count). The smallest absolute Gasteiger partial charge is 0.282 e. The lowest BCUT2D eigenvalue weighted by Gasteiger charge is -2.24. The van der Waals surface area contributed by atoms with Crippen LogP contribution in [0.5, 0.6) is 0 Å². The van der Waals surface area contributed by atoms with Gasteiger partial charge in [0, 0.05) is 20.4 Å². The van der Waals surface area contributed by atoms with Crippen molar-refractivity contribution >= 4 is 33.6 Å². The molecule has 0 spiro atoms. The minimum atomic E-state index is -4.26. The van der Waals surface area contributed by atoms with Gasteiger partial charge in [-0.05, 0) is 78.5 Å². The highest BCUT2D eigenvalue weighted by atomic mass is 32.2. The first-order chi connectivity index (χ1) is 15.0. The topological polar surface area (TPSA) is 54.4 Å². The van der Waals surface area contributed by atoms with E-state index in [-0.39, 0.29) is 4.90 Å². The molecule has 2 saturated carbocycles. The van der Waals surface area contributed by atoms with Gasteiger partial charge in [-0.25, -0.2) is 0 Å². The first-order valence-electron chi connectivity index (χ1n) is 11.6. The highest BCUT2D eigenvalue weighted by Crippen LogP contribution is 2.48. The second-order valence-electron chi connectivity index (χ2n) is 9.24. The third-order valence-corrected chi connectivity index (χ3v) is 10.5. The normalized spacial score (nSPS) is 20.7. The summed E-state index contributed by atoms with van der Waals surface area (Å²) in [5.74, 6) is 1.61. The van der Waals surface area contributed by atoms with Gasteiger partial charge in [0.1, 0.15) is 0 Å². The zero-order chi connectivity index (χ0) is 21.4. The third-order valence-electron chi connectivity index (χ3n) is 7.18. The van der Waals surface area contributed by atoms with Crippen molar-refractivity contribution in [2.24, 2.45) is 0 Å². The zero-order valence-electron chi connectivity index (χ0n) is 17.8. The molecule has 6 heteroatoms. The Hall–Kier alpha value is -0.950. The Balaban J connectivity index is 1.55. The standard InChI is InChI=1S/C25H30O3S3/c26-31(27,28)25-15-20(18-9-5-2-6-10-18)14-23-21(25)16-29-22-12-11-19(13-24(22)30-23)17-7-3-1-4-8-17/h11-15,17-18H,1-10,16H2,(H,26,27,28). The Morgan fingerprint density at radius 2 is 1.35 bits per heavy atom. The van der Waals surface area contributed by atoms with Crippen LogP contribution in [-0.4, -0.2) is 13.0 Å². The Kier molecular flexibility index (Phi) is 6.44. The van der Waals surface area contributed by atoms with Crippen LogP contribution >= 0.6 is 23.5 Å². The molecule has 0 aromatic heterocycles.